The van der Waals surface area contributed by atoms with Crippen LogP contribution in [0.15, 0.2) is 0 Å². The first-order valence-electron chi connectivity index (χ1n) is 4.12. The summed E-state index contributed by atoms with van der Waals surface area (Å²) >= 11 is 6.18. The lowest BCUT2D eigenvalue weighted by Gasteiger charge is -2.20. The summed E-state index contributed by atoms with van der Waals surface area (Å²) in [6.07, 6.45) is 3.13. The molecule has 2 heteroatoms. The number of rotatable bonds is 0. The molecule has 10 heavy (non-hydrogen) atoms. The van der Waals surface area contributed by atoms with Crippen LogP contribution in [0.25, 0.3) is 0 Å². The van der Waals surface area contributed by atoms with Crippen LogP contribution >= 0.6 is 11.6 Å². The van der Waals surface area contributed by atoms with Gasteiger partial charge in [-0.3, -0.25) is 0 Å². The third kappa shape index (κ3) is 0.507. The van der Waals surface area contributed by atoms with E-state index in [1.807, 2.05) is 0 Å². The molecule has 0 aromatic carbocycles. The van der Waals surface area contributed by atoms with Gasteiger partial charge in [0.2, 0.25) is 0 Å². The largest absolute Gasteiger partial charge is 0.376 e. The van der Waals surface area contributed by atoms with Gasteiger partial charge < -0.3 is 4.74 Å². The zero-order valence-corrected chi connectivity index (χ0v) is 6.55. The molecular weight excluding hydrogens is 148 g/mol. The number of ether oxygens (including phenoxy) is 1. The van der Waals surface area contributed by atoms with Crippen LogP contribution in [0, 0.1) is 17.8 Å². The Morgan fingerprint density at radius 3 is 2.80 bits per heavy atom. The van der Waals surface area contributed by atoms with E-state index in [4.69, 9.17) is 16.3 Å². The van der Waals surface area contributed by atoms with Gasteiger partial charge in [-0.05, 0) is 30.6 Å². The second kappa shape index (κ2) is 1.70. The number of hydrogen-bond donors (Lipinski definition) is 0. The highest BCUT2D eigenvalue weighted by atomic mass is 35.5. The molecule has 1 nitrogen and oxygen atoms in total. The maximum absolute atomic E-state index is 6.18. The zero-order chi connectivity index (χ0) is 6.72. The van der Waals surface area contributed by atoms with Crippen molar-refractivity contribution >= 4 is 11.6 Å². The fourth-order valence-corrected chi connectivity index (χ4v) is 3.48. The van der Waals surface area contributed by atoms with Crippen molar-refractivity contribution in [3.63, 3.8) is 0 Å². The van der Waals surface area contributed by atoms with E-state index in [0.717, 1.165) is 24.4 Å². The van der Waals surface area contributed by atoms with E-state index in [0.29, 0.717) is 11.5 Å². The normalized spacial score (nSPS) is 63.9. The molecule has 0 unspecified atom stereocenters. The van der Waals surface area contributed by atoms with Crippen LogP contribution in [0.2, 0.25) is 0 Å². The molecule has 0 N–H and O–H groups in total. The minimum atomic E-state index is 0.351. The SMILES string of the molecule is Cl[C@H]1[C@@H]2C[C@@H]3CO[C@H]1[C@@H]3C2. The maximum Gasteiger partial charge on any atom is 0.0773 e. The van der Waals surface area contributed by atoms with Crippen LogP contribution in [0.3, 0.4) is 0 Å². The average molecular weight is 159 g/mol. The number of fused-ring (bicyclic) bond motifs is 1. The highest BCUT2D eigenvalue weighted by Gasteiger charge is 2.56. The van der Waals surface area contributed by atoms with Gasteiger partial charge in [0, 0.05) is 0 Å². The van der Waals surface area contributed by atoms with Crippen molar-refractivity contribution in [3.8, 4) is 0 Å². The van der Waals surface area contributed by atoms with Gasteiger partial charge in [-0.25, -0.2) is 0 Å². The first-order valence-corrected chi connectivity index (χ1v) is 4.55. The van der Waals surface area contributed by atoms with Crippen LogP contribution < -0.4 is 0 Å². The van der Waals surface area contributed by atoms with Crippen LogP contribution in [0.4, 0.5) is 0 Å². The van der Waals surface area contributed by atoms with E-state index < -0.39 is 0 Å². The molecule has 5 atom stereocenters. The molecule has 0 aromatic rings. The molecule has 3 fully saturated rings. The van der Waals surface area contributed by atoms with Gasteiger partial charge in [0.25, 0.3) is 0 Å². The molecule has 56 valence electrons. The molecule has 1 heterocycles. The van der Waals surface area contributed by atoms with Crippen molar-refractivity contribution in [2.45, 2.75) is 24.3 Å². The quantitative estimate of drug-likeness (QED) is 0.487. The average Bonchev–Trinajstić information content (AvgIpc) is 2.43. The number of halogens is 1. The Hall–Kier alpha value is 0.250. The maximum atomic E-state index is 6.18. The predicted molar refractivity (Wildman–Crippen MR) is 39.1 cm³/mol. The summed E-state index contributed by atoms with van der Waals surface area (Å²) in [6.45, 7) is 0.995. The van der Waals surface area contributed by atoms with Crippen molar-refractivity contribution in [1.29, 1.82) is 0 Å². The second-order valence-electron chi connectivity index (χ2n) is 3.90. The van der Waals surface area contributed by atoms with Gasteiger partial charge in [0.1, 0.15) is 0 Å². The lowest BCUT2D eigenvalue weighted by Crippen LogP contribution is -2.26. The van der Waals surface area contributed by atoms with E-state index >= 15 is 0 Å². The highest BCUT2D eigenvalue weighted by molar-refractivity contribution is 6.21. The Bertz CT molecular complexity index is 169. The Morgan fingerprint density at radius 2 is 2.10 bits per heavy atom. The topological polar surface area (TPSA) is 9.23 Å². The monoisotopic (exact) mass is 158 g/mol. The fourth-order valence-electron chi connectivity index (χ4n) is 3.01. The summed E-state index contributed by atoms with van der Waals surface area (Å²) in [5.41, 5.74) is 0. The van der Waals surface area contributed by atoms with Crippen molar-refractivity contribution in [2.24, 2.45) is 17.8 Å². The van der Waals surface area contributed by atoms with E-state index in [1.54, 1.807) is 0 Å². The van der Waals surface area contributed by atoms with Gasteiger partial charge in [-0.2, -0.15) is 0 Å². The predicted octanol–water partition coefficient (Wildman–Crippen LogP) is 1.65. The number of hydrogen-bond acceptors (Lipinski definition) is 1. The molecule has 2 saturated carbocycles. The van der Waals surface area contributed by atoms with Crippen molar-refractivity contribution in [2.75, 3.05) is 6.61 Å². The summed E-state index contributed by atoms with van der Waals surface area (Å²) in [6, 6.07) is 0. The molecule has 3 aliphatic rings. The molecule has 0 radical (unpaired) electrons. The first kappa shape index (κ1) is 5.84. The summed E-state index contributed by atoms with van der Waals surface area (Å²) < 4.78 is 5.61. The van der Waals surface area contributed by atoms with Crippen LogP contribution in [0.5, 0.6) is 0 Å². The summed E-state index contributed by atoms with van der Waals surface area (Å²) in [7, 11) is 0. The van der Waals surface area contributed by atoms with Crippen LogP contribution in [0.1, 0.15) is 12.8 Å². The van der Waals surface area contributed by atoms with Crippen molar-refractivity contribution in [1.82, 2.24) is 0 Å². The molecule has 1 aliphatic heterocycles. The highest BCUT2D eigenvalue weighted by Crippen LogP contribution is 2.55. The minimum Gasteiger partial charge on any atom is -0.376 e. The lowest BCUT2D eigenvalue weighted by molar-refractivity contribution is 0.104. The molecule has 3 rings (SSSR count). The van der Waals surface area contributed by atoms with E-state index in [2.05, 4.69) is 0 Å². The van der Waals surface area contributed by atoms with E-state index in [-0.39, 0.29) is 0 Å². The van der Waals surface area contributed by atoms with Gasteiger partial charge in [0.15, 0.2) is 0 Å². The number of alkyl halides is 1. The van der Waals surface area contributed by atoms with Crippen LogP contribution in [-0.4, -0.2) is 18.1 Å². The molecular formula is C8H11ClO. The summed E-state index contributed by atoms with van der Waals surface area (Å²) in [5.74, 6) is 2.52. The lowest BCUT2D eigenvalue weighted by atomic mass is 9.90. The second-order valence-corrected chi connectivity index (χ2v) is 4.40. The molecule has 1 saturated heterocycles. The van der Waals surface area contributed by atoms with Crippen molar-refractivity contribution in [3.05, 3.63) is 0 Å². The summed E-state index contributed by atoms with van der Waals surface area (Å²) in [4.78, 5) is 0. The van der Waals surface area contributed by atoms with Gasteiger partial charge in [-0.15, -0.1) is 11.6 Å². The molecule has 0 amide bonds. The van der Waals surface area contributed by atoms with Gasteiger partial charge >= 0.3 is 0 Å². The Labute approximate surface area is 65.7 Å². The summed E-state index contributed by atoms with van der Waals surface area (Å²) in [5, 5.41) is 0.351. The first-order chi connectivity index (χ1) is 4.86. The molecule has 0 aromatic heterocycles. The van der Waals surface area contributed by atoms with Crippen molar-refractivity contribution < 1.29 is 4.74 Å². The standard InChI is InChI=1S/C8H11ClO/c9-7-4-1-5-3-10-8(7)6(5)2-4/h4-8H,1-3H2/t4-,5-,6-,7+,8+/m1/s1. The fraction of sp³-hybridized carbons (Fsp3) is 1.00. The third-order valence-corrected chi connectivity index (χ3v) is 4.08. The smallest absolute Gasteiger partial charge is 0.0773 e. The molecule has 2 aliphatic carbocycles. The Kier molecular flexibility index (Phi) is 0.993. The minimum absolute atomic E-state index is 0.351. The van der Waals surface area contributed by atoms with Gasteiger partial charge in [-0.1, -0.05) is 0 Å². The molecule has 0 spiro atoms. The molecule has 2 bridgehead atoms. The van der Waals surface area contributed by atoms with E-state index in [9.17, 15) is 0 Å². The van der Waals surface area contributed by atoms with Crippen LogP contribution in [-0.2, 0) is 4.74 Å². The van der Waals surface area contributed by atoms with Gasteiger partial charge in [0.05, 0.1) is 18.1 Å². The Morgan fingerprint density at radius 1 is 1.20 bits per heavy atom. The van der Waals surface area contributed by atoms with E-state index in [1.165, 1.54) is 12.8 Å². The Balaban J connectivity index is 2.00. The zero-order valence-electron chi connectivity index (χ0n) is 5.79. The third-order valence-electron chi connectivity index (χ3n) is 3.47.